The van der Waals surface area contributed by atoms with Crippen LogP contribution in [0.1, 0.15) is 6.92 Å². The lowest BCUT2D eigenvalue weighted by Crippen LogP contribution is -2.44. The van der Waals surface area contributed by atoms with Gasteiger partial charge in [0.25, 0.3) is 10.0 Å². The smallest absolute Gasteiger partial charge is 0.265 e. The second-order valence-corrected chi connectivity index (χ2v) is 7.18. The first-order valence-corrected chi connectivity index (χ1v) is 8.43. The number of nitrogens with zero attached hydrogens (tertiary/aromatic N) is 1. The first-order chi connectivity index (χ1) is 10.4. The van der Waals surface area contributed by atoms with E-state index in [2.05, 4.69) is 5.32 Å². The topological polar surface area (TPSA) is 92.5 Å². The van der Waals surface area contributed by atoms with Crippen LogP contribution in [0.4, 0.5) is 5.69 Å². The highest BCUT2D eigenvalue weighted by Gasteiger charge is 2.36. The summed E-state index contributed by atoms with van der Waals surface area (Å²) in [6.07, 6.45) is 0. The molecular formula is C15H18ClN3O3S. The average Bonchev–Trinajstić information content (AvgIpc) is 2.71. The molecule has 1 aliphatic rings. The van der Waals surface area contributed by atoms with E-state index in [-0.39, 0.29) is 35.8 Å². The van der Waals surface area contributed by atoms with Gasteiger partial charge in [0.15, 0.2) is 0 Å². The zero-order chi connectivity index (χ0) is 15.9. The fourth-order valence-electron chi connectivity index (χ4n) is 2.64. The lowest BCUT2D eigenvalue weighted by atomic mass is 10.1. The number of hydrogen-bond donors (Lipinski definition) is 2. The number of amides is 1. The number of carbonyl (C=O) groups excluding carboxylic acids is 1. The van der Waals surface area contributed by atoms with Gasteiger partial charge in [0.2, 0.25) is 5.91 Å². The van der Waals surface area contributed by atoms with E-state index in [9.17, 15) is 13.2 Å². The van der Waals surface area contributed by atoms with Gasteiger partial charge in [-0.3, -0.25) is 9.10 Å². The molecule has 1 atom stereocenters. The minimum atomic E-state index is -3.69. The maximum Gasteiger partial charge on any atom is 0.265 e. The van der Waals surface area contributed by atoms with E-state index in [0.29, 0.717) is 17.6 Å². The van der Waals surface area contributed by atoms with E-state index in [0.717, 1.165) is 9.69 Å². The predicted molar refractivity (Wildman–Crippen MR) is 92.4 cm³/mol. The van der Waals surface area contributed by atoms with Crippen LogP contribution in [0.25, 0.3) is 10.8 Å². The Morgan fingerprint density at radius 1 is 1.26 bits per heavy atom. The molecule has 0 aromatic heterocycles. The number of rotatable bonds is 4. The molecule has 0 spiro atoms. The van der Waals surface area contributed by atoms with Crippen molar-refractivity contribution in [1.82, 2.24) is 5.32 Å². The van der Waals surface area contributed by atoms with Gasteiger partial charge < -0.3 is 11.1 Å². The van der Waals surface area contributed by atoms with Crippen molar-refractivity contribution in [2.24, 2.45) is 5.73 Å². The number of anilines is 1. The highest BCUT2D eigenvalue weighted by molar-refractivity contribution is 7.93. The van der Waals surface area contributed by atoms with Gasteiger partial charge >= 0.3 is 0 Å². The van der Waals surface area contributed by atoms with Crippen LogP contribution in [0.2, 0.25) is 0 Å². The summed E-state index contributed by atoms with van der Waals surface area (Å²) < 4.78 is 26.5. The van der Waals surface area contributed by atoms with Crippen LogP contribution in [-0.2, 0) is 14.8 Å². The first kappa shape index (κ1) is 17.5. The Bertz CT molecular complexity index is 849. The van der Waals surface area contributed by atoms with Crippen LogP contribution in [0.3, 0.4) is 0 Å². The van der Waals surface area contributed by atoms with Crippen molar-refractivity contribution < 1.29 is 13.2 Å². The number of nitrogens with two attached hydrogens (primary N) is 1. The standard InChI is InChI=1S/C15H17N3O3S.ClH/c1-10(8-16)17-14(19)9-18-12-6-2-4-11-5-3-7-13(15(11)12)22(18,20)21;/h2-7,10H,8-9,16H2,1H3,(H,17,19);1H/t10-;/m0./s1. The monoisotopic (exact) mass is 355 g/mol. The minimum absolute atomic E-state index is 0. The molecule has 3 rings (SSSR count). The molecule has 124 valence electrons. The Kier molecular flexibility index (Phi) is 4.84. The lowest BCUT2D eigenvalue weighted by molar-refractivity contribution is -0.120. The summed E-state index contributed by atoms with van der Waals surface area (Å²) in [7, 11) is -3.69. The summed E-state index contributed by atoms with van der Waals surface area (Å²) >= 11 is 0. The molecule has 0 aliphatic carbocycles. The van der Waals surface area contributed by atoms with E-state index in [1.54, 1.807) is 31.2 Å². The van der Waals surface area contributed by atoms with Gasteiger partial charge in [-0.25, -0.2) is 8.42 Å². The summed E-state index contributed by atoms with van der Waals surface area (Å²) in [6.45, 7) is 1.82. The summed E-state index contributed by atoms with van der Waals surface area (Å²) in [5.41, 5.74) is 6.01. The zero-order valence-corrected chi connectivity index (χ0v) is 14.2. The van der Waals surface area contributed by atoms with Crippen LogP contribution in [0.15, 0.2) is 41.3 Å². The molecule has 0 fully saturated rings. The zero-order valence-electron chi connectivity index (χ0n) is 12.5. The SMILES string of the molecule is C[C@@H](CN)NC(=O)CN1c2cccc3cccc(c23)S1(=O)=O.Cl. The normalized spacial score (nSPS) is 16.0. The van der Waals surface area contributed by atoms with Gasteiger partial charge in [-0.1, -0.05) is 24.3 Å². The molecule has 0 radical (unpaired) electrons. The van der Waals surface area contributed by atoms with Crippen molar-refractivity contribution in [2.45, 2.75) is 17.9 Å². The summed E-state index contributed by atoms with van der Waals surface area (Å²) in [5, 5.41) is 4.20. The highest BCUT2D eigenvalue weighted by Crippen LogP contribution is 2.41. The number of carbonyl (C=O) groups is 1. The molecule has 1 amide bonds. The number of hydrogen-bond acceptors (Lipinski definition) is 4. The van der Waals surface area contributed by atoms with E-state index in [1.807, 2.05) is 12.1 Å². The fourth-order valence-corrected chi connectivity index (χ4v) is 4.30. The molecule has 1 heterocycles. The third-order valence-electron chi connectivity index (χ3n) is 3.73. The third-order valence-corrected chi connectivity index (χ3v) is 5.53. The number of halogens is 1. The lowest BCUT2D eigenvalue weighted by Gasteiger charge is -2.19. The van der Waals surface area contributed by atoms with Gasteiger partial charge in [0.1, 0.15) is 6.54 Å². The largest absolute Gasteiger partial charge is 0.351 e. The number of nitrogens with one attached hydrogen (secondary N) is 1. The summed E-state index contributed by atoms with van der Waals surface area (Å²) in [6, 6.07) is 10.3. The van der Waals surface area contributed by atoms with Crippen molar-refractivity contribution in [1.29, 1.82) is 0 Å². The van der Waals surface area contributed by atoms with Gasteiger partial charge in [-0.05, 0) is 24.4 Å². The minimum Gasteiger partial charge on any atom is -0.351 e. The molecule has 3 N–H and O–H groups in total. The molecule has 2 aromatic rings. The molecule has 0 bridgehead atoms. The van der Waals surface area contributed by atoms with E-state index >= 15 is 0 Å². The maximum atomic E-state index is 12.7. The molecule has 6 nitrogen and oxygen atoms in total. The van der Waals surface area contributed by atoms with Crippen LogP contribution < -0.4 is 15.4 Å². The molecule has 0 saturated heterocycles. The Morgan fingerprint density at radius 3 is 2.57 bits per heavy atom. The fraction of sp³-hybridized carbons (Fsp3) is 0.267. The van der Waals surface area contributed by atoms with Crippen molar-refractivity contribution >= 4 is 44.8 Å². The Hall–Kier alpha value is -1.83. The molecule has 1 aliphatic heterocycles. The predicted octanol–water partition coefficient (Wildman–Crippen LogP) is 1.23. The van der Waals surface area contributed by atoms with Crippen LogP contribution in [0, 0.1) is 0 Å². The summed E-state index contributed by atoms with van der Waals surface area (Å²) in [4.78, 5) is 12.3. The van der Waals surface area contributed by atoms with Crippen molar-refractivity contribution in [3.05, 3.63) is 36.4 Å². The van der Waals surface area contributed by atoms with E-state index in [1.165, 1.54) is 0 Å². The Balaban J connectivity index is 0.00000192. The number of benzene rings is 2. The number of sulfonamides is 1. The van der Waals surface area contributed by atoms with Crippen molar-refractivity contribution in [2.75, 3.05) is 17.4 Å². The van der Waals surface area contributed by atoms with Gasteiger partial charge in [-0.15, -0.1) is 12.4 Å². The highest BCUT2D eigenvalue weighted by atomic mass is 35.5. The van der Waals surface area contributed by atoms with Crippen molar-refractivity contribution in [3.8, 4) is 0 Å². The molecule has 0 saturated carbocycles. The molecule has 23 heavy (non-hydrogen) atoms. The summed E-state index contributed by atoms with van der Waals surface area (Å²) in [5.74, 6) is -0.369. The van der Waals surface area contributed by atoms with Crippen LogP contribution in [-0.4, -0.2) is 33.5 Å². The molecule has 8 heteroatoms. The Labute approximate surface area is 141 Å². The first-order valence-electron chi connectivity index (χ1n) is 6.99. The molecule has 0 unspecified atom stereocenters. The second-order valence-electron chi connectivity index (χ2n) is 5.35. The third kappa shape index (κ3) is 2.87. The second kappa shape index (κ2) is 6.35. The Morgan fingerprint density at radius 2 is 1.91 bits per heavy atom. The van der Waals surface area contributed by atoms with Crippen LogP contribution in [0.5, 0.6) is 0 Å². The van der Waals surface area contributed by atoms with Crippen molar-refractivity contribution in [3.63, 3.8) is 0 Å². The van der Waals surface area contributed by atoms with Gasteiger partial charge in [-0.2, -0.15) is 0 Å². The van der Waals surface area contributed by atoms with Crippen LogP contribution >= 0.6 is 12.4 Å². The average molecular weight is 356 g/mol. The van der Waals surface area contributed by atoms with E-state index < -0.39 is 10.0 Å². The maximum absolute atomic E-state index is 12.7. The van der Waals surface area contributed by atoms with Gasteiger partial charge in [0, 0.05) is 18.0 Å². The van der Waals surface area contributed by atoms with E-state index in [4.69, 9.17) is 5.73 Å². The van der Waals surface area contributed by atoms with Gasteiger partial charge in [0.05, 0.1) is 10.6 Å². The molecule has 2 aromatic carbocycles. The molecular weight excluding hydrogens is 338 g/mol. The quantitative estimate of drug-likeness (QED) is 0.862.